The zero-order valence-electron chi connectivity index (χ0n) is 15.1. The molecule has 0 amide bonds. The van der Waals surface area contributed by atoms with Crippen LogP contribution in [0.2, 0.25) is 0 Å². The van der Waals surface area contributed by atoms with E-state index < -0.39 is 5.97 Å². The van der Waals surface area contributed by atoms with Gasteiger partial charge in [0.2, 0.25) is 5.13 Å². The Labute approximate surface area is 157 Å². The highest BCUT2D eigenvalue weighted by molar-refractivity contribution is 7.18. The largest absolute Gasteiger partial charge is 0.478 e. The van der Waals surface area contributed by atoms with E-state index >= 15 is 0 Å². The fraction of sp³-hybridized carbons (Fsp3) is 0.316. The molecule has 138 valence electrons. The van der Waals surface area contributed by atoms with Gasteiger partial charge in [0.25, 0.3) is 0 Å². The number of aromatic nitrogens is 2. The van der Waals surface area contributed by atoms with Gasteiger partial charge in [0.1, 0.15) is 5.01 Å². The SMILES string of the molecule is C=C/C(=C\N(C)Cc1ccc(-c2nnc(NCCCC)s2)cc1)C(=O)O. The molecular weight excluding hydrogens is 348 g/mol. The molecule has 1 aromatic heterocycles. The predicted octanol–water partition coefficient (Wildman–Crippen LogP) is 4.00. The van der Waals surface area contributed by atoms with Crippen molar-refractivity contribution < 1.29 is 9.90 Å². The predicted molar refractivity (Wildman–Crippen MR) is 106 cm³/mol. The van der Waals surface area contributed by atoms with Crippen molar-refractivity contribution in [1.29, 1.82) is 0 Å². The molecular formula is C19H24N4O2S. The second kappa shape index (κ2) is 9.72. The van der Waals surface area contributed by atoms with Crippen LogP contribution in [0.1, 0.15) is 25.3 Å². The number of rotatable bonds is 10. The molecule has 2 aromatic rings. The first-order valence-electron chi connectivity index (χ1n) is 8.48. The molecule has 0 aliphatic heterocycles. The lowest BCUT2D eigenvalue weighted by molar-refractivity contribution is -0.132. The standard InChI is InChI=1S/C19H24N4O2S/c1-4-6-11-20-19-22-21-17(26-19)16-9-7-14(8-10-16)12-23(3)13-15(5-2)18(24)25/h5,7-10,13H,2,4,6,11-12H2,1,3H3,(H,20,22)(H,24,25)/b15-13+. The van der Waals surface area contributed by atoms with Crippen LogP contribution in [0.5, 0.6) is 0 Å². The maximum absolute atomic E-state index is 11.0. The van der Waals surface area contributed by atoms with Crippen molar-refractivity contribution in [3.63, 3.8) is 0 Å². The van der Waals surface area contributed by atoms with Crippen molar-refractivity contribution >= 4 is 22.4 Å². The number of unbranched alkanes of at least 4 members (excludes halogenated alkanes) is 1. The molecule has 0 unspecified atom stereocenters. The molecule has 0 saturated carbocycles. The van der Waals surface area contributed by atoms with E-state index in [1.165, 1.54) is 6.08 Å². The third-order valence-electron chi connectivity index (χ3n) is 3.69. The van der Waals surface area contributed by atoms with Gasteiger partial charge in [-0.05, 0) is 12.0 Å². The highest BCUT2D eigenvalue weighted by atomic mass is 32.1. The molecule has 1 heterocycles. The molecule has 0 aliphatic carbocycles. The van der Waals surface area contributed by atoms with E-state index in [1.54, 1.807) is 17.5 Å². The average molecular weight is 372 g/mol. The van der Waals surface area contributed by atoms with E-state index in [1.807, 2.05) is 36.2 Å². The molecule has 0 radical (unpaired) electrons. The van der Waals surface area contributed by atoms with E-state index in [0.29, 0.717) is 6.54 Å². The Morgan fingerprint density at radius 2 is 2.08 bits per heavy atom. The van der Waals surface area contributed by atoms with E-state index in [9.17, 15) is 4.79 Å². The van der Waals surface area contributed by atoms with E-state index in [-0.39, 0.29) is 5.57 Å². The van der Waals surface area contributed by atoms with Crippen LogP contribution in [0, 0.1) is 0 Å². The molecule has 0 atom stereocenters. The van der Waals surface area contributed by atoms with Crippen molar-refractivity contribution in [2.45, 2.75) is 26.3 Å². The van der Waals surface area contributed by atoms with Crippen LogP contribution in [0.25, 0.3) is 10.6 Å². The summed E-state index contributed by atoms with van der Waals surface area (Å²) in [4.78, 5) is 12.8. The smallest absolute Gasteiger partial charge is 0.337 e. The van der Waals surface area contributed by atoms with Crippen LogP contribution in [-0.4, -0.2) is 39.8 Å². The number of nitrogens with zero attached hydrogens (tertiary/aromatic N) is 3. The number of carboxylic acid groups (broad SMARTS) is 1. The lowest BCUT2D eigenvalue weighted by Crippen LogP contribution is -2.13. The first-order chi connectivity index (χ1) is 12.5. The topological polar surface area (TPSA) is 78.4 Å². The molecule has 0 spiro atoms. The molecule has 0 fully saturated rings. The van der Waals surface area contributed by atoms with Crippen molar-refractivity contribution in [3.05, 3.63) is 54.3 Å². The van der Waals surface area contributed by atoms with Crippen LogP contribution in [0.3, 0.4) is 0 Å². The minimum absolute atomic E-state index is 0.168. The van der Waals surface area contributed by atoms with Crippen molar-refractivity contribution in [3.8, 4) is 10.6 Å². The van der Waals surface area contributed by atoms with Gasteiger partial charge in [-0.1, -0.05) is 61.6 Å². The quantitative estimate of drug-likeness (QED) is 0.373. The summed E-state index contributed by atoms with van der Waals surface area (Å²) in [5, 5.41) is 22.4. The molecule has 26 heavy (non-hydrogen) atoms. The van der Waals surface area contributed by atoms with Gasteiger partial charge in [-0.25, -0.2) is 4.79 Å². The van der Waals surface area contributed by atoms with Gasteiger partial charge >= 0.3 is 5.97 Å². The van der Waals surface area contributed by atoms with Crippen LogP contribution >= 0.6 is 11.3 Å². The Morgan fingerprint density at radius 1 is 1.35 bits per heavy atom. The lowest BCUT2D eigenvalue weighted by Gasteiger charge is -2.15. The van der Waals surface area contributed by atoms with Crippen LogP contribution < -0.4 is 5.32 Å². The van der Waals surface area contributed by atoms with Gasteiger partial charge in [-0.3, -0.25) is 0 Å². The lowest BCUT2D eigenvalue weighted by atomic mass is 10.1. The summed E-state index contributed by atoms with van der Waals surface area (Å²) in [6.07, 6.45) is 5.16. The fourth-order valence-electron chi connectivity index (χ4n) is 2.30. The molecule has 7 heteroatoms. The van der Waals surface area contributed by atoms with Crippen LogP contribution in [0.15, 0.2) is 48.7 Å². The van der Waals surface area contributed by atoms with Gasteiger partial charge < -0.3 is 15.3 Å². The molecule has 1 aromatic carbocycles. The molecule has 0 bridgehead atoms. The molecule has 0 saturated heterocycles. The zero-order valence-corrected chi connectivity index (χ0v) is 15.9. The molecule has 0 aliphatic rings. The highest BCUT2D eigenvalue weighted by Crippen LogP contribution is 2.26. The molecule has 2 N–H and O–H groups in total. The summed E-state index contributed by atoms with van der Waals surface area (Å²) in [5.74, 6) is -0.984. The Bertz CT molecular complexity index is 768. The first kappa shape index (κ1) is 19.7. The van der Waals surface area contributed by atoms with Gasteiger partial charge in [-0.15, -0.1) is 10.2 Å². The molecule has 6 nitrogen and oxygen atoms in total. The minimum atomic E-state index is -0.984. The second-order valence-corrected chi connectivity index (χ2v) is 6.88. The Balaban J connectivity index is 2.00. The summed E-state index contributed by atoms with van der Waals surface area (Å²) in [6, 6.07) is 8.04. The maximum Gasteiger partial charge on any atom is 0.337 e. The Kier molecular flexibility index (Phi) is 7.35. The van der Waals surface area contributed by atoms with E-state index in [2.05, 4.69) is 29.0 Å². The number of carbonyl (C=O) groups is 1. The van der Waals surface area contributed by atoms with Gasteiger partial charge in [0.05, 0.1) is 5.57 Å². The summed E-state index contributed by atoms with van der Waals surface area (Å²) >= 11 is 1.54. The van der Waals surface area contributed by atoms with Gasteiger partial charge in [0.15, 0.2) is 0 Å². The number of aliphatic carboxylic acids is 1. The van der Waals surface area contributed by atoms with E-state index in [4.69, 9.17) is 5.11 Å². The van der Waals surface area contributed by atoms with Crippen LogP contribution in [0.4, 0.5) is 5.13 Å². The Morgan fingerprint density at radius 3 is 2.69 bits per heavy atom. The number of nitrogens with one attached hydrogen (secondary N) is 1. The van der Waals surface area contributed by atoms with Crippen molar-refractivity contribution in [2.75, 3.05) is 18.9 Å². The highest BCUT2D eigenvalue weighted by Gasteiger charge is 2.08. The number of benzene rings is 1. The number of anilines is 1. The zero-order chi connectivity index (χ0) is 18.9. The van der Waals surface area contributed by atoms with Crippen LogP contribution in [-0.2, 0) is 11.3 Å². The number of hydrogen-bond donors (Lipinski definition) is 2. The minimum Gasteiger partial charge on any atom is -0.478 e. The van der Waals surface area contributed by atoms with E-state index in [0.717, 1.165) is 40.7 Å². The summed E-state index contributed by atoms with van der Waals surface area (Å²) < 4.78 is 0. The monoisotopic (exact) mass is 372 g/mol. The number of hydrogen-bond acceptors (Lipinski definition) is 6. The normalized spacial score (nSPS) is 11.2. The average Bonchev–Trinajstić information content (AvgIpc) is 3.09. The van der Waals surface area contributed by atoms with Crippen molar-refractivity contribution in [2.24, 2.45) is 0 Å². The number of carboxylic acids is 1. The maximum atomic E-state index is 11.0. The second-order valence-electron chi connectivity index (χ2n) is 5.90. The summed E-state index contributed by atoms with van der Waals surface area (Å²) in [7, 11) is 1.83. The van der Waals surface area contributed by atoms with Crippen molar-refractivity contribution in [1.82, 2.24) is 15.1 Å². The third-order valence-corrected chi connectivity index (χ3v) is 4.62. The molecule has 2 rings (SSSR count). The fourth-order valence-corrected chi connectivity index (χ4v) is 3.08. The van der Waals surface area contributed by atoms with Gasteiger partial charge in [0, 0.05) is 31.9 Å². The summed E-state index contributed by atoms with van der Waals surface area (Å²) in [5.41, 5.74) is 2.26. The van der Waals surface area contributed by atoms with Gasteiger partial charge in [-0.2, -0.15) is 0 Å². The first-order valence-corrected chi connectivity index (χ1v) is 9.29. The summed E-state index contributed by atoms with van der Waals surface area (Å²) in [6.45, 7) is 7.19. The Hall–Kier alpha value is -2.67. The third kappa shape index (κ3) is 5.70.